The Balaban J connectivity index is -0.0000000326. The van der Waals surface area contributed by atoms with Gasteiger partial charge in [-0.3, -0.25) is 4.55 Å². The molecule has 10 heavy (non-hydrogen) atoms. The van der Waals surface area contributed by atoms with Gasteiger partial charge in [0.25, 0.3) is 0 Å². The van der Waals surface area contributed by atoms with Crippen molar-refractivity contribution >= 4 is 16.9 Å². The maximum atomic E-state index is 8.63. The van der Waals surface area contributed by atoms with Gasteiger partial charge in [0.05, 0.1) is 0 Å². The quantitative estimate of drug-likeness (QED) is 0.174. The minimum atomic E-state index is -4.92. The summed E-state index contributed by atoms with van der Waals surface area (Å²) in [6, 6.07) is 0. The topological polar surface area (TPSA) is 118 Å². The molecule has 0 atom stereocenters. The standard InChI is InChI=1S/CH2O2.2Na.H2O4S/c2-1-3;;;1-5(2,3)4/h1H,(H,2,3);;;(H2,1,2,3,4)/q;2*+1;/p-2. The summed E-state index contributed by atoms with van der Waals surface area (Å²) in [6.45, 7) is -0.500. The van der Waals surface area contributed by atoms with Crippen LogP contribution in [0.1, 0.15) is 0 Å². The second-order valence-corrected chi connectivity index (χ2v) is 1.38. The number of carbonyl (C=O) groups is 1. The Bertz CT molecular complexity index is 130. The molecule has 0 rings (SSSR count). The third kappa shape index (κ3) is 362. The Morgan fingerprint density at radius 1 is 1.30 bits per heavy atom. The molecule has 0 aromatic carbocycles. The molecule has 0 bridgehead atoms. The van der Waals surface area contributed by atoms with Crippen molar-refractivity contribution in [2.24, 2.45) is 0 Å². The van der Waals surface area contributed by atoms with Gasteiger partial charge in [0.15, 0.2) is 0 Å². The van der Waals surface area contributed by atoms with E-state index in [2.05, 4.69) is 0 Å². The maximum absolute atomic E-state index is 8.63. The maximum Gasteiger partial charge on any atom is 1.00 e. The zero-order chi connectivity index (χ0) is 7.21. The molecule has 0 spiro atoms. The predicted octanol–water partition coefficient (Wildman–Crippen LogP) is -8.62. The summed E-state index contributed by atoms with van der Waals surface area (Å²) in [6.07, 6.45) is 0. The van der Waals surface area contributed by atoms with E-state index < -0.39 is 16.9 Å². The SMILES string of the molecule is O=C[O-].O=S(=O)([O-])O.[Na+].[Na+]. The Morgan fingerprint density at radius 3 is 1.30 bits per heavy atom. The van der Waals surface area contributed by atoms with Crippen LogP contribution in [0, 0.1) is 0 Å². The first kappa shape index (κ1) is 22.5. The monoisotopic (exact) mass is 188 g/mol. The zero-order valence-electron chi connectivity index (χ0n) is 5.47. The molecule has 0 aromatic rings. The van der Waals surface area contributed by atoms with E-state index in [9.17, 15) is 0 Å². The van der Waals surface area contributed by atoms with Gasteiger partial charge in [0.2, 0.25) is 10.4 Å². The van der Waals surface area contributed by atoms with Crippen LogP contribution in [0.5, 0.6) is 0 Å². The van der Waals surface area contributed by atoms with Gasteiger partial charge >= 0.3 is 59.1 Å². The first-order valence-corrected chi connectivity index (χ1v) is 2.52. The number of rotatable bonds is 0. The van der Waals surface area contributed by atoms with E-state index in [1.807, 2.05) is 0 Å². The molecule has 0 aromatic heterocycles. The Labute approximate surface area is 102 Å². The molecule has 1 N–H and O–H groups in total. The number of carbonyl (C=O) groups excluding carboxylic acids is 1. The fourth-order valence-corrected chi connectivity index (χ4v) is 0. The molecular formula is CH2Na2O6S. The van der Waals surface area contributed by atoms with Crippen molar-refractivity contribution in [3.63, 3.8) is 0 Å². The summed E-state index contributed by atoms with van der Waals surface area (Å²) in [7, 11) is -4.92. The number of hydrogen-bond acceptors (Lipinski definition) is 5. The van der Waals surface area contributed by atoms with E-state index in [0.29, 0.717) is 0 Å². The molecule has 0 unspecified atom stereocenters. The summed E-state index contributed by atoms with van der Waals surface area (Å²) < 4.78 is 32.8. The minimum Gasteiger partial charge on any atom is -0.726 e. The van der Waals surface area contributed by atoms with Crippen molar-refractivity contribution in [2.45, 2.75) is 0 Å². The van der Waals surface area contributed by atoms with E-state index in [-0.39, 0.29) is 59.1 Å². The zero-order valence-corrected chi connectivity index (χ0v) is 10.3. The number of hydrogen-bond donors (Lipinski definition) is 1. The molecule has 50 valence electrons. The van der Waals surface area contributed by atoms with Crippen LogP contribution < -0.4 is 64.2 Å². The summed E-state index contributed by atoms with van der Waals surface area (Å²) in [5, 5.41) is 8.25. The molecule has 0 heterocycles. The third-order valence-electron chi connectivity index (χ3n) is 0. The molecule has 0 saturated carbocycles. The molecule has 0 fully saturated rings. The van der Waals surface area contributed by atoms with Gasteiger partial charge in [-0.15, -0.1) is 0 Å². The Hall–Kier alpha value is 1.34. The van der Waals surface area contributed by atoms with Gasteiger partial charge in [-0.05, 0) is 0 Å². The van der Waals surface area contributed by atoms with E-state index in [4.69, 9.17) is 27.4 Å². The fraction of sp³-hybridized carbons (Fsp3) is 0. The smallest absolute Gasteiger partial charge is 0.726 e. The molecule has 0 aliphatic rings. The van der Waals surface area contributed by atoms with Gasteiger partial charge in [-0.1, -0.05) is 0 Å². The van der Waals surface area contributed by atoms with Gasteiger partial charge < -0.3 is 14.5 Å². The van der Waals surface area contributed by atoms with Crippen LogP contribution in [-0.4, -0.2) is 24.0 Å². The van der Waals surface area contributed by atoms with Crippen molar-refractivity contribution in [3.05, 3.63) is 0 Å². The van der Waals surface area contributed by atoms with Crippen LogP contribution in [0.3, 0.4) is 0 Å². The van der Waals surface area contributed by atoms with Gasteiger partial charge in [-0.25, -0.2) is 8.42 Å². The molecule has 0 radical (unpaired) electrons. The van der Waals surface area contributed by atoms with Crippen LogP contribution in [0.15, 0.2) is 0 Å². The van der Waals surface area contributed by atoms with Crippen molar-refractivity contribution in [1.29, 1.82) is 0 Å². The first-order chi connectivity index (χ1) is 3.41. The van der Waals surface area contributed by atoms with Crippen molar-refractivity contribution in [2.75, 3.05) is 0 Å². The van der Waals surface area contributed by atoms with Crippen molar-refractivity contribution in [3.8, 4) is 0 Å². The van der Waals surface area contributed by atoms with Gasteiger partial charge in [0, 0.05) is 6.47 Å². The summed E-state index contributed by atoms with van der Waals surface area (Å²) >= 11 is 0. The van der Waals surface area contributed by atoms with Crippen molar-refractivity contribution in [1.82, 2.24) is 0 Å². The molecule has 0 aliphatic carbocycles. The molecule has 6 nitrogen and oxygen atoms in total. The normalized spacial score (nSPS) is 7.00. The summed E-state index contributed by atoms with van der Waals surface area (Å²) in [4.78, 5) is 8.25. The van der Waals surface area contributed by atoms with Crippen LogP contribution in [0.4, 0.5) is 0 Å². The third-order valence-corrected chi connectivity index (χ3v) is 0. The molecule has 0 saturated heterocycles. The van der Waals surface area contributed by atoms with E-state index in [0.717, 1.165) is 0 Å². The van der Waals surface area contributed by atoms with Crippen LogP contribution in [0.25, 0.3) is 0 Å². The number of carboxylic acid groups (broad SMARTS) is 1. The van der Waals surface area contributed by atoms with E-state index >= 15 is 0 Å². The van der Waals surface area contributed by atoms with E-state index in [1.165, 1.54) is 0 Å². The first-order valence-electron chi connectivity index (χ1n) is 1.15. The molecule has 0 amide bonds. The molecule has 0 aliphatic heterocycles. The van der Waals surface area contributed by atoms with Crippen LogP contribution in [0.2, 0.25) is 0 Å². The van der Waals surface area contributed by atoms with Crippen LogP contribution >= 0.6 is 0 Å². The van der Waals surface area contributed by atoms with Crippen molar-refractivity contribution < 1.29 is 86.5 Å². The average molecular weight is 188 g/mol. The van der Waals surface area contributed by atoms with Crippen LogP contribution in [-0.2, 0) is 15.2 Å². The Morgan fingerprint density at radius 2 is 1.30 bits per heavy atom. The molecular weight excluding hydrogens is 186 g/mol. The summed E-state index contributed by atoms with van der Waals surface area (Å²) in [5.41, 5.74) is 0. The Kier molecular flexibility index (Phi) is 29.2. The largest absolute Gasteiger partial charge is 1.00 e. The molecule has 9 heteroatoms. The predicted molar refractivity (Wildman–Crippen MR) is 18.4 cm³/mol. The van der Waals surface area contributed by atoms with Gasteiger partial charge in [0.1, 0.15) is 0 Å². The second kappa shape index (κ2) is 13.0. The second-order valence-electron chi connectivity index (χ2n) is 0.524. The van der Waals surface area contributed by atoms with E-state index in [1.54, 1.807) is 0 Å². The summed E-state index contributed by atoms with van der Waals surface area (Å²) in [5.74, 6) is 0. The minimum absolute atomic E-state index is 0. The average Bonchev–Trinajstić information content (AvgIpc) is 1.27. The fourth-order valence-electron chi connectivity index (χ4n) is 0. The van der Waals surface area contributed by atoms with Gasteiger partial charge in [-0.2, -0.15) is 0 Å².